The lowest BCUT2D eigenvalue weighted by molar-refractivity contribution is 0.215. The van der Waals surface area contributed by atoms with Crippen LogP contribution < -0.4 is 15.4 Å². The maximum atomic E-state index is 13.9. The van der Waals surface area contributed by atoms with Crippen molar-refractivity contribution in [3.8, 4) is 5.75 Å². The molecule has 2 heterocycles. The molecule has 3 rings (SSSR count). The van der Waals surface area contributed by atoms with Crippen molar-refractivity contribution in [3.05, 3.63) is 53.7 Å². The van der Waals surface area contributed by atoms with Gasteiger partial charge < -0.3 is 19.8 Å². The smallest absolute Gasteiger partial charge is 0.191 e. The number of methoxy groups -OCH3 is 1. The van der Waals surface area contributed by atoms with Gasteiger partial charge >= 0.3 is 0 Å². The molecule has 28 heavy (non-hydrogen) atoms. The first-order valence-corrected chi connectivity index (χ1v) is 9.83. The molecule has 0 amide bonds. The number of aliphatic imine (C=N–C) groups is 1. The molecule has 1 saturated heterocycles. The molecule has 6 nitrogen and oxygen atoms in total. The van der Waals surface area contributed by atoms with Gasteiger partial charge in [0.15, 0.2) is 17.5 Å². The Bertz CT molecular complexity index is 758. The van der Waals surface area contributed by atoms with Gasteiger partial charge in [-0.15, -0.1) is 0 Å². The van der Waals surface area contributed by atoms with E-state index < -0.39 is 0 Å². The Morgan fingerprint density at radius 3 is 2.75 bits per heavy atom. The molecule has 0 radical (unpaired) electrons. The molecule has 1 fully saturated rings. The predicted molar refractivity (Wildman–Crippen MR) is 108 cm³/mol. The molecule has 0 bridgehead atoms. The second-order valence-electron chi connectivity index (χ2n) is 6.82. The van der Waals surface area contributed by atoms with E-state index in [0.29, 0.717) is 19.0 Å². The van der Waals surface area contributed by atoms with E-state index in [9.17, 15) is 4.39 Å². The van der Waals surface area contributed by atoms with Crippen molar-refractivity contribution in [1.29, 1.82) is 0 Å². The first kappa shape index (κ1) is 20.2. The van der Waals surface area contributed by atoms with Gasteiger partial charge in [-0.25, -0.2) is 9.38 Å². The number of rotatable bonds is 8. The van der Waals surface area contributed by atoms with Crippen molar-refractivity contribution >= 4 is 5.96 Å². The van der Waals surface area contributed by atoms with E-state index in [0.717, 1.165) is 31.0 Å². The summed E-state index contributed by atoms with van der Waals surface area (Å²) in [4.78, 5) is 7.04. The molecule has 1 aliphatic rings. The molecule has 1 unspecified atom stereocenters. The van der Waals surface area contributed by atoms with Gasteiger partial charge in [-0.3, -0.25) is 4.90 Å². The van der Waals surface area contributed by atoms with Crippen LogP contribution in [-0.2, 0) is 6.54 Å². The number of benzene rings is 1. The number of likely N-dealkylation sites (tertiary alicyclic amines) is 1. The lowest BCUT2D eigenvalue weighted by Gasteiger charge is -2.26. The number of guanidine groups is 1. The van der Waals surface area contributed by atoms with Crippen LogP contribution in [0.3, 0.4) is 0 Å². The average Bonchev–Trinajstić information content (AvgIpc) is 3.41. The van der Waals surface area contributed by atoms with Crippen molar-refractivity contribution in [2.24, 2.45) is 4.99 Å². The number of nitrogens with one attached hydrogen (secondary N) is 2. The summed E-state index contributed by atoms with van der Waals surface area (Å²) in [6, 6.07) is 9.03. The minimum absolute atomic E-state index is 0.166. The van der Waals surface area contributed by atoms with Crippen LogP contribution in [0.25, 0.3) is 0 Å². The summed E-state index contributed by atoms with van der Waals surface area (Å²) in [6.07, 6.45) is 4.15. The van der Waals surface area contributed by atoms with Crippen molar-refractivity contribution in [2.75, 3.05) is 33.3 Å². The standard InChI is InChI=1S/C21H29FN4O2/c1-3-23-21(24-14-16-8-9-19(27-2)17(22)13-16)25-15-18(20-7-6-12-28-20)26-10-4-5-11-26/h6-9,12-13,18H,3-5,10-11,14-15H2,1-2H3,(H2,23,24,25). The number of hydrogen-bond acceptors (Lipinski definition) is 4. The quantitative estimate of drug-likeness (QED) is 0.537. The van der Waals surface area contributed by atoms with Crippen LogP contribution >= 0.6 is 0 Å². The fourth-order valence-electron chi connectivity index (χ4n) is 3.46. The molecule has 152 valence electrons. The van der Waals surface area contributed by atoms with Gasteiger partial charge in [-0.05, 0) is 62.7 Å². The summed E-state index contributed by atoms with van der Waals surface area (Å²) in [5.74, 6) is 1.53. The first-order valence-electron chi connectivity index (χ1n) is 9.83. The van der Waals surface area contributed by atoms with E-state index in [2.05, 4.69) is 20.5 Å². The minimum atomic E-state index is -0.375. The Kier molecular flexibility index (Phi) is 7.31. The van der Waals surface area contributed by atoms with Crippen molar-refractivity contribution in [2.45, 2.75) is 32.4 Å². The van der Waals surface area contributed by atoms with Gasteiger partial charge in [0.2, 0.25) is 0 Å². The number of ether oxygens (including phenoxy) is 1. The summed E-state index contributed by atoms with van der Waals surface area (Å²) < 4.78 is 24.5. The third-order valence-corrected chi connectivity index (χ3v) is 4.90. The average molecular weight is 388 g/mol. The largest absolute Gasteiger partial charge is 0.494 e. The summed E-state index contributed by atoms with van der Waals surface area (Å²) in [6.45, 7) is 5.99. The van der Waals surface area contributed by atoms with Crippen LogP contribution in [0, 0.1) is 5.82 Å². The molecule has 7 heteroatoms. The van der Waals surface area contributed by atoms with Crippen LogP contribution in [-0.4, -0.2) is 44.1 Å². The maximum absolute atomic E-state index is 13.9. The number of nitrogens with zero attached hydrogens (tertiary/aromatic N) is 2. The molecule has 1 atom stereocenters. The Labute approximate surface area is 165 Å². The van der Waals surface area contributed by atoms with E-state index in [1.807, 2.05) is 25.1 Å². The number of hydrogen-bond donors (Lipinski definition) is 2. The Hall–Kier alpha value is -2.54. The Morgan fingerprint density at radius 1 is 1.29 bits per heavy atom. The van der Waals surface area contributed by atoms with Crippen LogP contribution in [0.2, 0.25) is 0 Å². The predicted octanol–water partition coefficient (Wildman–Crippen LogP) is 3.32. The third-order valence-electron chi connectivity index (χ3n) is 4.90. The zero-order valence-corrected chi connectivity index (χ0v) is 16.6. The van der Waals surface area contributed by atoms with Crippen LogP contribution in [0.15, 0.2) is 46.0 Å². The van der Waals surface area contributed by atoms with E-state index in [4.69, 9.17) is 9.15 Å². The van der Waals surface area contributed by atoms with Crippen molar-refractivity contribution < 1.29 is 13.5 Å². The van der Waals surface area contributed by atoms with Crippen LogP contribution in [0.1, 0.15) is 37.1 Å². The van der Waals surface area contributed by atoms with Crippen LogP contribution in [0.5, 0.6) is 5.75 Å². The van der Waals surface area contributed by atoms with Gasteiger partial charge in [0.1, 0.15) is 5.76 Å². The lowest BCUT2D eigenvalue weighted by Crippen LogP contribution is -2.42. The highest BCUT2D eigenvalue weighted by Gasteiger charge is 2.25. The van der Waals surface area contributed by atoms with Gasteiger partial charge in [0, 0.05) is 13.1 Å². The van der Waals surface area contributed by atoms with Gasteiger partial charge in [0.05, 0.1) is 26.0 Å². The summed E-state index contributed by atoms with van der Waals surface area (Å²) in [5.41, 5.74) is 0.789. The highest BCUT2D eigenvalue weighted by Crippen LogP contribution is 2.25. The molecule has 0 spiro atoms. The highest BCUT2D eigenvalue weighted by molar-refractivity contribution is 5.79. The fourth-order valence-corrected chi connectivity index (χ4v) is 3.46. The Balaban J connectivity index is 1.65. The minimum Gasteiger partial charge on any atom is -0.494 e. The fraction of sp³-hybridized carbons (Fsp3) is 0.476. The third kappa shape index (κ3) is 5.25. The van der Waals surface area contributed by atoms with E-state index in [1.54, 1.807) is 12.3 Å². The Morgan fingerprint density at radius 2 is 2.11 bits per heavy atom. The van der Waals surface area contributed by atoms with Gasteiger partial charge in [-0.1, -0.05) is 6.07 Å². The second kappa shape index (κ2) is 10.1. The molecule has 0 saturated carbocycles. The zero-order valence-electron chi connectivity index (χ0n) is 16.6. The number of halogens is 1. The molecule has 2 aromatic rings. The van der Waals surface area contributed by atoms with Crippen molar-refractivity contribution in [1.82, 2.24) is 15.5 Å². The molecular formula is C21H29FN4O2. The van der Waals surface area contributed by atoms with Crippen molar-refractivity contribution in [3.63, 3.8) is 0 Å². The summed E-state index contributed by atoms with van der Waals surface area (Å²) >= 11 is 0. The molecule has 1 aromatic carbocycles. The maximum Gasteiger partial charge on any atom is 0.191 e. The summed E-state index contributed by atoms with van der Waals surface area (Å²) in [5, 5.41) is 6.66. The molecular weight excluding hydrogens is 359 g/mol. The summed E-state index contributed by atoms with van der Waals surface area (Å²) in [7, 11) is 1.46. The SMILES string of the molecule is CCNC(=NCc1ccc(OC)c(F)c1)NCC(c1ccco1)N1CCCC1. The van der Waals surface area contributed by atoms with E-state index in [-0.39, 0.29) is 17.6 Å². The second-order valence-corrected chi connectivity index (χ2v) is 6.82. The van der Waals surface area contributed by atoms with Gasteiger partial charge in [0.25, 0.3) is 0 Å². The first-order chi connectivity index (χ1) is 13.7. The molecule has 1 aliphatic heterocycles. The zero-order chi connectivity index (χ0) is 19.8. The topological polar surface area (TPSA) is 62.0 Å². The molecule has 1 aromatic heterocycles. The lowest BCUT2D eigenvalue weighted by atomic mass is 10.2. The highest BCUT2D eigenvalue weighted by atomic mass is 19.1. The normalized spacial score (nSPS) is 16.2. The van der Waals surface area contributed by atoms with E-state index in [1.165, 1.54) is 26.0 Å². The van der Waals surface area contributed by atoms with Crippen LogP contribution in [0.4, 0.5) is 4.39 Å². The monoisotopic (exact) mass is 388 g/mol. The van der Waals surface area contributed by atoms with Gasteiger partial charge in [-0.2, -0.15) is 0 Å². The molecule has 0 aliphatic carbocycles. The molecule has 2 N–H and O–H groups in total. The number of furan rings is 1. The van der Waals surface area contributed by atoms with E-state index >= 15 is 0 Å².